The molecule has 1 atom stereocenters. The van der Waals surface area contributed by atoms with E-state index in [4.69, 9.17) is 0 Å². The first-order chi connectivity index (χ1) is 10.2. The first-order valence-corrected chi connectivity index (χ1v) is 7.00. The van der Waals surface area contributed by atoms with E-state index in [0.717, 1.165) is 23.5 Å². The molecule has 0 bridgehead atoms. The van der Waals surface area contributed by atoms with E-state index >= 15 is 0 Å². The Morgan fingerprint density at radius 3 is 3.00 bits per heavy atom. The molecule has 2 aromatic rings. The molecular formula is C15H17N5O. The summed E-state index contributed by atoms with van der Waals surface area (Å²) in [5.74, 6) is 1.55. The van der Waals surface area contributed by atoms with Gasteiger partial charge in [-0.1, -0.05) is 0 Å². The second kappa shape index (κ2) is 5.87. The number of carbonyl (C=O) groups excluding carboxylic acids is 1. The van der Waals surface area contributed by atoms with Gasteiger partial charge in [-0.2, -0.15) is 0 Å². The highest BCUT2D eigenvalue weighted by molar-refractivity contribution is 5.77. The quantitative estimate of drug-likeness (QED) is 0.893. The SMILES string of the molecule is Cc1cc(NC2CCC(=O)NC2)nc(-c2cccnc2)n1. The van der Waals surface area contributed by atoms with Crippen molar-refractivity contribution in [1.82, 2.24) is 20.3 Å². The molecule has 1 amide bonds. The summed E-state index contributed by atoms with van der Waals surface area (Å²) in [5.41, 5.74) is 1.78. The second-order valence-corrected chi connectivity index (χ2v) is 5.14. The molecule has 2 N–H and O–H groups in total. The van der Waals surface area contributed by atoms with Crippen molar-refractivity contribution in [1.29, 1.82) is 0 Å². The summed E-state index contributed by atoms with van der Waals surface area (Å²) in [6.07, 6.45) is 4.84. The van der Waals surface area contributed by atoms with Gasteiger partial charge in [0, 0.05) is 48.7 Å². The molecule has 2 aromatic heterocycles. The zero-order valence-electron chi connectivity index (χ0n) is 11.8. The molecule has 3 rings (SSSR count). The smallest absolute Gasteiger partial charge is 0.220 e. The molecule has 6 nitrogen and oxygen atoms in total. The summed E-state index contributed by atoms with van der Waals surface area (Å²) in [4.78, 5) is 24.3. The Morgan fingerprint density at radius 1 is 1.38 bits per heavy atom. The van der Waals surface area contributed by atoms with Crippen LogP contribution in [0.15, 0.2) is 30.6 Å². The van der Waals surface area contributed by atoms with E-state index in [0.29, 0.717) is 18.8 Å². The maximum absolute atomic E-state index is 11.2. The van der Waals surface area contributed by atoms with Crippen molar-refractivity contribution in [3.63, 3.8) is 0 Å². The zero-order valence-corrected chi connectivity index (χ0v) is 11.8. The standard InChI is InChI=1S/C15H17N5O/c1-10-7-13(19-12-4-5-14(21)17-9-12)20-15(18-10)11-3-2-6-16-8-11/h2-3,6-8,12H,4-5,9H2,1H3,(H,17,21)(H,18,19,20). The van der Waals surface area contributed by atoms with E-state index in [1.807, 2.05) is 25.1 Å². The number of piperidine rings is 1. The second-order valence-electron chi connectivity index (χ2n) is 5.14. The van der Waals surface area contributed by atoms with Gasteiger partial charge >= 0.3 is 0 Å². The van der Waals surface area contributed by atoms with Gasteiger partial charge in [-0.15, -0.1) is 0 Å². The number of nitrogens with one attached hydrogen (secondary N) is 2. The van der Waals surface area contributed by atoms with Gasteiger partial charge in [0.25, 0.3) is 0 Å². The van der Waals surface area contributed by atoms with Gasteiger partial charge in [-0.25, -0.2) is 9.97 Å². The summed E-state index contributed by atoms with van der Waals surface area (Å²) < 4.78 is 0. The Balaban J connectivity index is 1.80. The van der Waals surface area contributed by atoms with Gasteiger partial charge < -0.3 is 10.6 Å². The molecule has 0 spiro atoms. The van der Waals surface area contributed by atoms with Crippen LogP contribution in [0.2, 0.25) is 0 Å². The Kier molecular flexibility index (Phi) is 3.77. The van der Waals surface area contributed by atoms with Crippen LogP contribution in [0, 0.1) is 6.92 Å². The van der Waals surface area contributed by atoms with Crippen LogP contribution in [-0.4, -0.2) is 33.4 Å². The number of pyridine rings is 1. The van der Waals surface area contributed by atoms with E-state index in [9.17, 15) is 4.79 Å². The average molecular weight is 283 g/mol. The molecule has 108 valence electrons. The third-order valence-electron chi connectivity index (χ3n) is 3.39. The number of aromatic nitrogens is 3. The fourth-order valence-corrected chi connectivity index (χ4v) is 2.33. The Labute approximate surface area is 123 Å². The zero-order chi connectivity index (χ0) is 14.7. The van der Waals surface area contributed by atoms with Gasteiger partial charge in [0.05, 0.1) is 0 Å². The van der Waals surface area contributed by atoms with Gasteiger partial charge in [0.15, 0.2) is 5.82 Å². The van der Waals surface area contributed by atoms with E-state index < -0.39 is 0 Å². The monoisotopic (exact) mass is 283 g/mol. The van der Waals surface area contributed by atoms with Crippen LogP contribution < -0.4 is 10.6 Å². The van der Waals surface area contributed by atoms with Crippen molar-refractivity contribution >= 4 is 11.7 Å². The molecule has 6 heteroatoms. The number of rotatable bonds is 3. The molecule has 0 aliphatic carbocycles. The van der Waals surface area contributed by atoms with E-state index in [2.05, 4.69) is 25.6 Å². The highest BCUT2D eigenvalue weighted by Crippen LogP contribution is 2.18. The molecule has 21 heavy (non-hydrogen) atoms. The van der Waals surface area contributed by atoms with Crippen LogP contribution >= 0.6 is 0 Å². The van der Waals surface area contributed by atoms with Crippen LogP contribution in [0.1, 0.15) is 18.5 Å². The average Bonchev–Trinajstić information content (AvgIpc) is 2.50. The van der Waals surface area contributed by atoms with Gasteiger partial charge in [0.1, 0.15) is 5.82 Å². The maximum atomic E-state index is 11.2. The van der Waals surface area contributed by atoms with Gasteiger partial charge in [-0.3, -0.25) is 9.78 Å². The number of carbonyl (C=O) groups is 1. The van der Waals surface area contributed by atoms with Crippen LogP contribution in [0.25, 0.3) is 11.4 Å². The predicted molar refractivity (Wildman–Crippen MR) is 79.7 cm³/mol. The van der Waals surface area contributed by atoms with Crippen molar-refractivity contribution in [3.8, 4) is 11.4 Å². The van der Waals surface area contributed by atoms with Crippen LogP contribution in [0.3, 0.4) is 0 Å². The summed E-state index contributed by atoms with van der Waals surface area (Å²) in [5, 5.41) is 6.22. The molecule has 1 unspecified atom stereocenters. The van der Waals surface area contributed by atoms with E-state index in [-0.39, 0.29) is 11.9 Å². The largest absolute Gasteiger partial charge is 0.365 e. The number of amides is 1. The summed E-state index contributed by atoms with van der Waals surface area (Å²) in [7, 11) is 0. The fourth-order valence-electron chi connectivity index (χ4n) is 2.33. The molecule has 1 aliphatic heterocycles. The van der Waals surface area contributed by atoms with Crippen molar-refractivity contribution in [2.45, 2.75) is 25.8 Å². The molecule has 1 aliphatic rings. The first kappa shape index (κ1) is 13.5. The third-order valence-corrected chi connectivity index (χ3v) is 3.39. The lowest BCUT2D eigenvalue weighted by molar-refractivity contribution is -0.122. The Hall–Kier alpha value is -2.50. The minimum absolute atomic E-state index is 0.114. The van der Waals surface area contributed by atoms with Crippen LogP contribution in [0.4, 0.5) is 5.82 Å². The molecule has 1 saturated heterocycles. The first-order valence-electron chi connectivity index (χ1n) is 7.00. The van der Waals surface area contributed by atoms with Crippen molar-refractivity contribution in [2.75, 3.05) is 11.9 Å². The Bertz CT molecular complexity index is 634. The van der Waals surface area contributed by atoms with Gasteiger partial charge in [-0.05, 0) is 25.5 Å². The maximum Gasteiger partial charge on any atom is 0.220 e. The lowest BCUT2D eigenvalue weighted by atomic mass is 10.1. The molecule has 0 radical (unpaired) electrons. The van der Waals surface area contributed by atoms with Crippen molar-refractivity contribution in [3.05, 3.63) is 36.3 Å². The van der Waals surface area contributed by atoms with Crippen molar-refractivity contribution in [2.24, 2.45) is 0 Å². The highest BCUT2D eigenvalue weighted by Gasteiger charge is 2.18. The minimum Gasteiger partial charge on any atom is -0.365 e. The predicted octanol–water partition coefficient (Wildman–Crippen LogP) is 1.54. The molecule has 0 aromatic carbocycles. The summed E-state index contributed by atoms with van der Waals surface area (Å²) >= 11 is 0. The number of anilines is 1. The van der Waals surface area contributed by atoms with Crippen LogP contribution in [-0.2, 0) is 4.79 Å². The molecule has 3 heterocycles. The minimum atomic E-state index is 0.114. The lowest BCUT2D eigenvalue weighted by Gasteiger charge is -2.24. The third kappa shape index (κ3) is 3.34. The highest BCUT2D eigenvalue weighted by atomic mass is 16.1. The van der Waals surface area contributed by atoms with E-state index in [1.54, 1.807) is 12.4 Å². The number of hydrogen-bond donors (Lipinski definition) is 2. The Morgan fingerprint density at radius 2 is 2.29 bits per heavy atom. The van der Waals surface area contributed by atoms with Crippen molar-refractivity contribution < 1.29 is 4.79 Å². The summed E-state index contributed by atoms with van der Waals surface area (Å²) in [6, 6.07) is 5.92. The number of hydrogen-bond acceptors (Lipinski definition) is 5. The topological polar surface area (TPSA) is 79.8 Å². The van der Waals surface area contributed by atoms with E-state index in [1.165, 1.54) is 0 Å². The molecule has 0 saturated carbocycles. The summed E-state index contributed by atoms with van der Waals surface area (Å²) in [6.45, 7) is 2.57. The molecule has 1 fully saturated rings. The fraction of sp³-hybridized carbons (Fsp3) is 0.333. The van der Waals surface area contributed by atoms with Crippen LogP contribution in [0.5, 0.6) is 0 Å². The van der Waals surface area contributed by atoms with Gasteiger partial charge in [0.2, 0.25) is 5.91 Å². The normalized spacial score (nSPS) is 18.1. The number of aryl methyl sites for hydroxylation is 1. The number of nitrogens with zero attached hydrogens (tertiary/aromatic N) is 3. The molecular weight excluding hydrogens is 266 g/mol. The lowest BCUT2D eigenvalue weighted by Crippen LogP contribution is -2.42.